The summed E-state index contributed by atoms with van der Waals surface area (Å²) in [4.78, 5) is 39.3. The van der Waals surface area contributed by atoms with Crippen molar-refractivity contribution in [1.82, 2.24) is 15.1 Å². The minimum atomic E-state index is -0.417. The molecule has 0 atom stereocenters. The lowest BCUT2D eigenvalue weighted by Crippen LogP contribution is -2.59. The van der Waals surface area contributed by atoms with Gasteiger partial charge >= 0.3 is 0 Å². The van der Waals surface area contributed by atoms with E-state index >= 15 is 0 Å². The van der Waals surface area contributed by atoms with Crippen molar-refractivity contribution in [2.24, 2.45) is 0 Å². The molecule has 3 heterocycles. The molecule has 1 N–H and O–H groups in total. The first-order chi connectivity index (χ1) is 12.4. The lowest BCUT2D eigenvalue weighted by atomic mass is 9.89. The molecule has 8 heteroatoms. The number of hydrogen-bond donors (Lipinski definition) is 1. The number of furan rings is 1. The van der Waals surface area contributed by atoms with Gasteiger partial charge < -0.3 is 24.3 Å². The topological polar surface area (TPSA) is 92.1 Å². The van der Waals surface area contributed by atoms with Crippen LogP contribution in [-0.2, 0) is 14.3 Å². The number of aryl methyl sites for hydroxylation is 1. The van der Waals surface area contributed by atoms with Gasteiger partial charge in [-0.1, -0.05) is 0 Å². The first kappa shape index (κ1) is 18.4. The molecule has 2 fully saturated rings. The molecule has 2 saturated heterocycles. The molecule has 1 aromatic heterocycles. The fraction of sp³-hybridized carbons (Fsp3) is 0.611. The van der Waals surface area contributed by atoms with Gasteiger partial charge in [0.1, 0.15) is 0 Å². The zero-order valence-corrected chi connectivity index (χ0v) is 15.2. The van der Waals surface area contributed by atoms with Gasteiger partial charge in [0.05, 0.1) is 25.0 Å². The molecule has 2 aliphatic heterocycles. The highest BCUT2D eigenvalue weighted by atomic mass is 16.5. The average Bonchev–Trinajstić information content (AvgIpc) is 3.06. The van der Waals surface area contributed by atoms with E-state index in [2.05, 4.69) is 5.32 Å². The van der Waals surface area contributed by atoms with Crippen molar-refractivity contribution in [1.29, 1.82) is 0 Å². The third-order valence-electron chi connectivity index (χ3n) is 4.99. The van der Waals surface area contributed by atoms with Gasteiger partial charge in [0.15, 0.2) is 5.76 Å². The van der Waals surface area contributed by atoms with E-state index < -0.39 is 5.60 Å². The number of hydrogen-bond acceptors (Lipinski definition) is 5. The number of carbonyl (C=O) groups is 3. The van der Waals surface area contributed by atoms with Crippen molar-refractivity contribution in [3.63, 3.8) is 0 Å². The lowest BCUT2D eigenvalue weighted by molar-refractivity contribution is -0.157. The largest absolute Gasteiger partial charge is 0.459 e. The van der Waals surface area contributed by atoms with Crippen molar-refractivity contribution >= 4 is 17.7 Å². The number of nitrogens with one attached hydrogen (secondary N) is 1. The SMILES string of the molecule is CC(=O)NCC(=O)N1CCOC2(CCN(C(=O)c3cc(C)co3)CC2)C1. The molecule has 0 saturated carbocycles. The second kappa shape index (κ2) is 7.49. The van der Waals surface area contributed by atoms with Crippen LogP contribution in [0.15, 0.2) is 16.7 Å². The summed E-state index contributed by atoms with van der Waals surface area (Å²) in [5.41, 5.74) is 0.505. The Hall–Kier alpha value is -2.35. The van der Waals surface area contributed by atoms with Gasteiger partial charge in [0.2, 0.25) is 11.8 Å². The number of morpholine rings is 1. The van der Waals surface area contributed by atoms with E-state index in [9.17, 15) is 14.4 Å². The van der Waals surface area contributed by atoms with Crippen molar-refractivity contribution in [2.75, 3.05) is 39.3 Å². The van der Waals surface area contributed by atoms with Gasteiger partial charge in [-0.3, -0.25) is 14.4 Å². The van der Waals surface area contributed by atoms with E-state index in [0.717, 1.165) is 5.56 Å². The predicted molar refractivity (Wildman–Crippen MR) is 92.5 cm³/mol. The first-order valence-corrected chi connectivity index (χ1v) is 8.89. The van der Waals surface area contributed by atoms with Gasteiger partial charge in [0, 0.05) is 33.1 Å². The molecular weight excluding hydrogens is 338 g/mol. The summed E-state index contributed by atoms with van der Waals surface area (Å²) in [5, 5.41) is 2.54. The molecule has 0 unspecified atom stereocenters. The van der Waals surface area contributed by atoms with E-state index in [-0.39, 0.29) is 24.3 Å². The number of nitrogens with zero attached hydrogens (tertiary/aromatic N) is 2. The predicted octanol–water partition coefficient (Wildman–Crippen LogP) is 0.558. The molecule has 1 aromatic rings. The quantitative estimate of drug-likeness (QED) is 0.847. The normalized spacial score (nSPS) is 19.5. The maximum Gasteiger partial charge on any atom is 0.289 e. The number of ether oxygens (including phenoxy) is 1. The monoisotopic (exact) mass is 363 g/mol. The van der Waals surface area contributed by atoms with E-state index in [0.29, 0.717) is 51.4 Å². The summed E-state index contributed by atoms with van der Waals surface area (Å²) in [5.74, 6) is -0.0776. The Morgan fingerprint density at radius 2 is 1.92 bits per heavy atom. The van der Waals surface area contributed by atoms with Crippen LogP contribution in [0, 0.1) is 6.92 Å². The van der Waals surface area contributed by atoms with Gasteiger partial charge in [-0.15, -0.1) is 0 Å². The number of likely N-dealkylation sites (tertiary alicyclic amines) is 1. The van der Waals surface area contributed by atoms with Crippen LogP contribution >= 0.6 is 0 Å². The second-order valence-corrected chi connectivity index (χ2v) is 7.04. The van der Waals surface area contributed by atoms with E-state index in [1.807, 2.05) is 6.92 Å². The molecule has 3 amide bonds. The molecule has 1 spiro atoms. The highest BCUT2D eigenvalue weighted by Gasteiger charge is 2.42. The van der Waals surface area contributed by atoms with Crippen molar-refractivity contribution in [3.05, 3.63) is 23.7 Å². The Balaban J connectivity index is 1.56. The Bertz CT molecular complexity index is 691. The zero-order valence-electron chi connectivity index (χ0n) is 15.2. The standard InChI is InChI=1S/C18H25N3O5/c1-13-9-15(25-11-13)17(24)20-5-3-18(4-6-20)12-21(7-8-26-18)16(23)10-19-14(2)22/h9,11H,3-8,10,12H2,1-2H3,(H,19,22). The van der Waals surface area contributed by atoms with E-state index in [1.54, 1.807) is 22.1 Å². The highest BCUT2D eigenvalue weighted by molar-refractivity contribution is 5.91. The zero-order chi connectivity index (χ0) is 18.7. The Morgan fingerprint density at radius 1 is 1.19 bits per heavy atom. The molecule has 0 radical (unpaired) electrons. The first-order valence-electron chi connectivity index (χ1n) is 8.89. The average molecular weight is 363 g/mol. The maximum absolute atomic E-state index is 12.5. The summed E-state index contributed by atoms with van der Waals surface area (Å²) in [6, 6.07) is 1.74. The molecule has 0 aromatic carbocycles. The molecule has 2 aliphatic rings. The van der Waals surface area contributed by atoms with E-state index in [1.165, 1.54) is 6.92 Å². The van der Waals surface area contributed by atoms with Crippen molar-refractivity contribution in [3.8, 4) is 0 Å². The molecular formula is C18H25N3O5. The number of rotatable bonds is 3. The lowest BCUT2D eigenvalue weighted by Gasteiger charge is -2.47. The minimum absolute atomic E-state index is 0.00781. The third-order valence-corrected chi connectivity index (χ3v) is 4.99. The van der Waals surface area contributed by atoms with Crippen LogP contribution < -0.4 is 5.32 Å². The summed E-state index contributed by atoms with van der Waals surface area (Å²) in [6.07, 6.45) is 2.91. The Morgan fingerprint density at radius 3 is 2.54 bits per heavy atom. The Kier molecular flexibility index (Phi) is 5.31. The number of carbonyl (C=O) groups excluding carboxylic acids is 3. The van der Waals surface area contributed by atoms with Crippen LogP contribution in [0.5, 0.6) is 0 Å². The fourth-order valence-electron chi connectivity index (χ4n) is 3.49. The summed E-state index contributed by atoms with van der Waals surface area (Å²) < 4.78 is 11.3. The number of piperidine rings is 1. The van der Waals surface area contributed by atoms with Crippen molar-refractivity contribution < 1.29 is 23.5 Å². The summed E-state index contributed by atoms with van der Waals surface area (Å²) >= 11 is 0. The maximum atomic E-state index is 12.5. The molecule has 0 aliphatic carbocycles. The molecule has 8 nitrogen and oxygen atoms in total. The minimum Gasteiger partial charge on any atom is -0.459 e. The van der Waals surface area contributed by atoms with Crippen LogP contribution in [0.2, 0.25) is 0 Å². The van der Waals surface area contributed by atoms with E-state index in [4.69, 9.17) is 9.15 Å². The third kappa shape index (κ3) is 4.07. The molecule has 142 valence electrons. The fourth-order valence-corrected chi connectivity index (χ4v) is 3.49. The number of amides is 3. The van der Waals surface area contributed by atoms with Gasteiger partial charge in [-0.25, -0.2) is 0 Å². The van der Waals surface area contributed by atoms with Crippen LogP contribution in [0.25, 0.3) is 0 Å². The van der Waals surface area contributed by atoms with Gasteiger partial charge in [-0.2, -0.15) is 0 Å². The molecule has 26 heavy (non-hydrogen) atoms. The summed E-state index contributed by atoms with van der Waals surface area (Å²) in [6.45, 7) is 5.89. The van der Waals surface area contributed by atoms with Crippen LogP contribution in [0.4, 0.5) is 0 Å². The van der Waals surface area contributed by atoms with Crippen LogP contribution in [-0.4, -0.2) is 72.5 Å². The molecule has 3 rings (SSSR count). The smallest absolute Gasteiger partial charge is 0.289 e. The summed E-state index contributed by atoms with van der Waals surface area (Å²) in [7, 11) is 0. The van der Waals surface area contributed by atoms with Crippen molar-refractivity contribution in [2.45, 2.75) is 32.3 Å². The van der Waals surface area contributed by atoms with Crippen LogP contribution in [0.1, 0.15) is 35.9 Å². The van der Waals surface area contributed by atoms with Gasteiger partial charge in [-0.05, 0) is 31.4 Å². The molecule has 0 bridgehead atoms. The second-order valence-electron chi connectivity index (χ2n) is 7.04. The highest BCUT2D eigenvalue weighted by Crippen LogP contribution is 2.31. The Labute approximate surface area is 152 Å². The van der Waals surface area contributed by atoms with Crippen LogP contribution in [0.3, 0.4) is 0 Å². The van der Waals surface area contributed by atoms with Gasteiger partial charge in [0.25, 0.3) is 5.91 Å².